The molecule has 0 aromatic heterocycles. The van der Waals surface area contributed by atoms with Crippen LogP contribution in [0.25, 0.3) is 0 Å². The zero-order valence-corrected chi connectivity index (χ0v) is 7.99. The van der Waals surface area contributed by atoms with Gasteiger partial charge in [0.05, 0.1) is 0 Å². The maximum Gasteiger partial charge on any atom is 0.302 e. The zero-order chi connectivity index (χ0) is 12.9. The molecule has 0 radical (unpaired) electrons. The fraction of sp³-hybridized carbons (Fsp3) is 0.778. The first-order chi connectivity index (χ1) is 7.12. The molecule has 0 spiro atoms. The molecule has 76 valence electrons. The highest BCUT2D eigenvalue weighted by Crippen LogP contribution is 2.05. The minimum absolute atomic E-state index is 0.265. The van der Waals surface area contributed by atoms with E-state index in [4.69, 9.17) is 8.85 Å². The molecule has 0 rings (SSSR count). The van der Waals surface area contributed by atoms with E-state index in [1.807, 2.05) is 0 Å². The third kappa shape index (κ3) is 7.31. The predicted octanol–water partition coefficient (Wildman–Crippen LogP) is 1.28. The van der Waals surface area contributed by atoms with Gasteiger partial charge in [0.2, 0.25) is 0 Å². The standard InChI is InChI=1S/C9H16O4/c1-6(12-8(3)10)5-7(2)13-9(4)11/h6-7H,5H2,1-4H3/t6-,7+/i3D3/m1/s1. The van der Waals surface area contributed by atoms with Gasteiger partial charge in [0.25, 0.3) is 0 Å². The monoisotopic (exact) mass is 191 g/mol. The summed E-state index contributed by atoms with van der Waals surface area (Å²) in [7, 11) is 0. The minimum Gasteiger partial charge on any atom is -0.463 e. The van der Waals surface area contributed by atoms with Gasteiger partial charge in [-0.15, -0.1) is 0 Å². The second-order valence-electron chi connectivity index (χ2n) is 2.87. The molecule has 0 amide bonds. The summed E-state index contributed by atoms with van der Waals surface area (Å²) >= 11 is 0. The average Bonchev–Trinajstić information content (AvgIpc) is 1.98. The summed E-state index contributed by atoms with van der Waals surface area (Å²) < 4.78 is 29.9. The number of esters is 2. The van der Waals surface area contributed by atoms with Gasteiger partial charge in [-0.25, -0.2) is 0 Å². The lowest BCUT2D eigenvalue weighted by Gasteiger charge is -2.16. The van der Waals surface area contributed by atoms with Gasteiger partial charge in [-0.1, -0.05) is 0 Å². The lowest BCUT2D eigenvalue weighted by atomic mass is 10.2. The first kappa shape index (κ1) is 7.35. The second kappa shape index (κ2) is 5.56. The normalized spacial score (nSPS) is 18.8. The van der Waals surface area contributed by atoms with Crippen LogP contribution in [0.5, 0.6) is 0 Å². The highest BCUT2D eigenvalue weighted by molar-refractivity contribution is 5.66. The second-order valence-corrected chi connectivity index (χ2v) is 2.87. The van der Waals surface area contributed by atoms with Crippen molar-refractivity contribution in [3.05, 3.63) is 0 Å². The van der Waals surface area contributed by atoms with E-state index < -0.39 is 31.0 Å². The predicted molar refractivity (Wildman–Crippen MR) is 47.1 cm³/mol. The van der Waals surface area contributed by atoms with E-state index in [-0.39, 0.29) is 6.42 Å². The van der Waals surface area contributed by atoms with Crippen molar-refractivity contribution in [2.45, 2.75) is 46.3 Å². The minimum atomic E-state index is -2.75. The molecule has 0 saturated heterocycles. The Balaban J connectivity index is 4.04. The smallest absolute Gasteiger partial charge is 0.302 e. The lowest BCUT2D eigenvalue weighted by molar-refractivity contribution is -0.150. The Hall–Kier alpha value is -1.06. The summed E-state index contributed by atoms with van der Waals surface area (Å²) in [6.07, 6.45) is -0.763. The van der Waals surface area contributed by atoms with Crippen molar-refractivity contribution in [2.24, 2.45) is 0 Å². The molecule has 2 atom stereocenters. The fourth-order valence-corrected chi connectivity index (χ4v) is 1.03. The van der Waals surface area contributed by atoms with Crippen LogP contribution < -0.4 is 0 Å². The molecule has 0 bridgehead atoms. The summed E-state index contributed by atoms with van der Waals surface area (Å²) in [5.74, 6) is -1.67. The number of carbonyl (C=O) groups is 2. The highest BCUT2D eigenvalue weighted by Gasteiger charge is 2.12. The van der Waals surface area contributed by atoms with Crippen molar-refractivity contribution >= 4 is 11.9 Å². The number of carbonyl (C=O) groups excluding carboxylic acids is 2. The van der Waals surface area contributed by atoms with Crippen molar-refractivity contribution in [1.29, 1.82) is 0 Å². The maximum atomic E-state index is 11.0. The lowest BCUT2D eigenvalue weighted by Crippen LogP contribution is -2.21. The molecular formula is C9H16O4. The summed E-state index contributed by atoms with van der Waals surface area (Å²) in [5.41, 5.74) is 0. The first-order valence-corrected chi connectivity index (χ1v) is 4.01. The summed E-state index contributed by atoms with van der Waals surface area (Å²) in [5, 5.41) is 0. The van der Waals surface area contributed by atoms with Gasteiger partial charge in [-0.3, -0.25) is 9.59 Å². The SMILES string of the molecule is [2H]C([2H])([2H])C(=O)O[C@H](C)C[C@H](C)OC(C)=O. The van der Waals surface area contributed by atoms with Crippen molar-refractivity contribution in [2.75, 3.05) is 0 Å². The van der Waals surface area contributed by atoms with E-state index in [9.17, 15) is 9.59 Å². The van der Waals surface area contributed by atoms with Crippen LogP contribution >= 0.6 is 0 Å². The fourth-order valence-electron chi connectivity index (χ4n) is 1.03. The number of hydrogen-bond donors (Lipinski definition) is 0. The molecule has 13 heavy (non-hydrogen) atoms. The molecular weight excluding hydrogens is 172 g/mol. The summed E-state index contributed by atoms with van der Waals surface area (Å²) in [6.45, 7) is 1.71. The molecule has 0 fully saturated rings. The molecule has 0 aromatic rings. The third-order valence-corrected chi connectivity index (χ3v) is 1.34. The van der Waals surface area contributed by atoms with Gasteiger partial charge in [0.15, 0.2) is 0 Å². The first-order valence-electron chi connectivity index (χ1n) is 5.51. The topological polar surface area (TPSA) is 52.6 Å². The van der Waals surface area contributed by atoms with Gasteiger partial charge in [-0.05, 0) is 13.8 Å². The van der Waals surface area contributed by atoms with Crippen LogP contribution in [0.15, 0.2) is 0 Å². The van der Waals surface area contributed by atoms with E-state index in [1.165, 1.54) is 6.92 Å². The largest absolute Gasteiger partial charge is 0.463 e. The van der Waals surface area contributed by atoms with E-state index >= 15 is 0 Å². The summed E-state index contributed by atoms with van der Waals surface area (Å²) in [6, 6.07) is 0. The zero-order valence-electron chi connectivity index (χ0n) is 11.0. The van der Waals surface area contributed by atoms with Crippen LogP contribution in [0.1, 0.15) is 38.2 Å². The van der Waals surface area contributed by atoms with Crippen LogP contribution in [0, 0.1) is 0 Å². The van der Waals surface area contributed by atoms with E-state index in [2.05, 4.69) is 4.74 Å². The third-order valence-electron chi connectivity index (χ3n) is 1.34. The van der Waals surface area contributed by atoms with Gasteiger partial charge in [-0.2, -0.15) is 0 Å². The van der Waals surface area contributed by atoms with E-state index in [1.54, 1.807) is 13.8 Å². The Kier molecular flexibility index (Phi) is 3.15. The number of ether oxygens (including phenoxy) is 2. The Morgan fingerprint density at radius 3 is 2.08 bits per heavy atom. The number of hydrogen-bond acceptors (Lipinski definition) is 4. The van der Waals surface area contributed by atoms with Gasteiger partial charge in [0, 0.05) is 24.3 Å². The molecule has 0 aliphatic rings. The molecule has 0 unspecified atom stereocenters. The number of rotatable bonds is 4. The molecule has 0 aliphatic heterocycles. The maximum absolute atomic E-state index is 11.0. The van der Waals surface area contributed by atoms with Crippen LogP contribution in [-0.4, -0.2) is 24.1 Å². The Morgan fingerprint density at radius 1 is 1.23 bits per heavy atom. The highest BCUT2D eigenvalue weighted by atomic mass is 16.6. The van der Waals surface area contributed by atoms with Crippen LogP contribution in [0.4, 0.5) is 0 Å². The molecule has 0 heterocycles. The molecule has 0 N–H and O–H groups in total. The Morgan fingerprint density at radius 2 is 1.69 bits per heavy atom. The van der Waals surface area contributed by atoms with Crippen molar-refractivity contribution in [1.82, 2.24) is 0 Å². The van der Waals surface area contributed by atoms with Gasteiger partial charge >= 0.3 is 11.9 Å². The van der Waals surface area contributed by atoms with Crippen molar-refractivity contribution in [3.63, 3.8) is 0 Å². The van der Waals surface area contributed by atoms with E-state index in [0.717, 1.165) is 0 Å². The van der Waals surface area contributed by atoms with Crippen molar-refractivity contribution in [3.8, 4) is 0 Å². The van der Waals surface area contributed by atoms with Crippen LogP contribution in [0.3, 0.4) is 0 Å². The van der Waals surface area contributed by atoms with Gasteiger partial charge < -0.3 is 9.47 Å². The van der Waals surface area contributed by atoms with Crippen molar-refractivity contribution < 1.29 is 23.2 Å². The molecule has 0 aliphatic carbocycles. The Bertz CT molecular complexity index is 262. The quantitative estimate of drug-likeness (QED) is 0.628. The van der Waals surface area contributed by atoms with Gasteiger partial charge in [0.1, 0.15) is 12.2 Å². The Labute approximate surface area is 82.4 Å². The molecule has 4 heteroatoms. The van der Waals surface area contributed by atoms with Crippen LogP contribution in [0.2, 0.25) is 0 Å². The van der Waals surface area contributed by atoms with Crippen LogP contribution in [-0.2, 0) is 19.1 Å². The molecule has 4 nitrogen and oxygen atoms in total. The molecule has 0 saturated carbocycles. The molecule has 0 aromatic carbocycles. The summed E-state index contributed by atoms with van der Waals surface area (Å²) in [4.78, 5) is 21.6. The average molecular weight is 191 g/mol. The van der Waals surface area contributed by atoms with E-state index in [0.29, 0.717) is 0 Å².